The summed E-state index contributed by atoms with van der Waals surface area (Å²) in [4.78, 5) is 8.57. The lowest BCUT2D eigenvalue weighted by Crippen LogP contribution is -1.42. The molecular weight excluding hydrogens is 140 g/mol. The summed E-state index contributed by atoms with van der Waals surface area (Å²) in [6.45, 7) is 2.68. The predicted molar refractivity (Wildman–Crippen MR) is 25.2 cm³/mol. The van der Waals surface area contributed by atoms with Gasteiger partial charge < -0.3 is 0 Å². The van der Waals surface area contributed by atoms with E-state index in [0.29, 0.717) is 0 Å². The van der Waals surface area contributed by atoms with Gasteiger partial charge in [0.2, 0.25) is 0 Å². The van der Waals surface area contributed by atoms with E-state index in [-0.39, 0.29) is 4.70 Å². The number of rotatable bonds is 0. The number of hydrogen-bond acceptors (Lipinski definition) is 1. The molecule has 0 aliphatic heterocycles. The normalized spacial score (nSPS) is 4.78. The van der Waals surface area contributed by atoms with Crippen LogP contribution < -0.4 is 0 Å². The Kier molecular flexibility index (Phi) is 27.5. The van der Waals surface area contributed by atoms with Crippen LogP contribution in [0.3, 0.4) is 0 Å². The summed E-state index contributed by atoms with van der Waals surface area (Å²) < 4.78 is 30.7. The van der Waals surface area contributed by atoms with Gasteiger partial charge in [0, 0.05) is 0 Å². The van der Waals surface area contributed by atoms with E-state index in [0.717, 1.165) is 0 Å². The van der Waals surface area contributed by atoms with Crippen LogP contribution in [-0.4, -0.2) is 5.94 Å². The van der Waals surface area contributed by atoms with Crippen LogP contribution in [0.1, 0.15) is 0 Å². The van der Waals surface area contributed by atoms with Crippen molar-refractivity contribution in [1.82, 2.24) is 0 Å². The topological polar surface area (TPSA) is 17.1 Å². The zero-order valence-corrected chi connectivity index (χ0v) is 4.23. The number of carbonyl (C=O) groups excluding carboxylic acids is 1. The molecule has 0 saturated carbocycles. The van der Waals surface area contributed by atoms with Gasteiger partial charge in [-0.25, -0.2) is 9.18 Å². The first-order valence-corrected chi connectivity index (χ1v) is 1.44. The summed E-state index contributed by atoms with van der Waals surface area (Å²) >= 11 is 0. The lowest BCUT2D eigenvalue weighted by atomic mass is 11.1. The first-order chi connectivity index (χ1) is 3.68. The molecule has 0 heterocycles. The third-order valence-corrected chi connectivity index (χ3v) is 0.0825. The Morgan fingerprint density at radius 1 is 1.56 bits per heavy atom. The third-order valence-electron chi connectivity index (χ3n) is 0.0825. The highest BCUT2D eigenvalue weighted by Gasteiger charge is 1.78. The highest BCUT2D eigenvalue weighted by molar-refractivity contribution is 5.38. The minimum absolute atomic E-state index is 0. The van der Waals surface area contributed by atoms with Gasteiger partial charge in [0.15, 0.2) is 6.33 Å². The molecule has 0 aliphatic carbocycles. The largest absolute Gasteiger partial charge is 0.298 e. The molecule has 0 bridgehead atoms. The molecule has 0 aliphatic rings. The van der Waals surface area contributed by atoms with Crippen LogP contribution in [0.4, 0.5) is 17.9 Å². The summed E-state index contributed by atoms with van der Waals surface area (Å²) in [7, 11) is 0. The Morgan fingerprint density at radius 3 is 1.67 bits per heavy atom. The van der Waals surface area contributed by atoms with Crippen molar-refractivity contribution in [2.24, 2.45) is 0 Å². The second-order valence-corrected chi connectivity index (χ2v) is 0.543. The predicted octanol–water partition coefficient (Wildman–Crippen LogP) is 1.85. The van der Waals surface area contributed by atoms with E-state index in [4.69, 9.17) is 4.79 Å². The highest BCUT2D eigenvalue weighted by atomic mass is 19.3. The molecule has 0 unspecified atom stereocenters. The first kappa shape index (κ1) is 15.7. The van der Waals surface area contributed by atoms with Crippen molar-refractivity contribution in [1.29, 1.82) is 0 Å². The fraction of sp³-hybridized carbons (Fsp3) is 0. The second kappa shape index (κ2) is 15.8. The van der Waals surface area contributed by atoms with Crippen molar-refractivity contribution < 1.29 is 22.7 Å². The lowest BCUT2D eigenvalue weighted by molar-refractivity contribution is 0.400. The molecule has 0 aromatic rings. The minimum Gasteiger partial charge on any atom is -0.269 e. The molecule has 5 heteroatoms. The van der Waals surface area contributed by atoms with E-state index in [2.05, 4.69) is 6.58 Å². The van der Waals surface area contributed by atoms with Gasteiger partial charge in [-0.3, -0.25) is 4.70 Å². The van der Waals surface area contributed by atoms with Crippen LogP contribution in [0.15, 0.2) is 19.0 Å². The molecule has 1 nitrogen and oxygen atoms in total. The van der Waals surface area contributed by atoms with Crippen LogP contribution in [0.2, 0.25) is 0 Å². The summed E-state index contributed by atoms with van der Waals surface area (Å²) in [6.07, 6.45) is -3.04. The molecule has 9 heavy (non-hydrogen) atoms. The molecule has 0 amide bonds. The molecule has 0 aromatic heterocycles. The molecular formula is C4H4F4O. The Morgan fingerprint density at radius 2 is 1.67 bits per heavy atom. The Balaban J connectivity index is -0.0000000800. The maximum absolute atomic E-state index is 10.2. The highest BCUT2D eigenvalue weighted by Crippen LogP contribution is 1.93. The van der Waals surface area contributed by atoms with E-state index in [1.54, 1.807) is 0 Å². The molecule has 0 aromatic carbocycles. The van der Waals surface area contributed by atoms with Gasteiger partial charge in [-0.2, -0.15) is 8.78 Å². The molecule has 0 atom stereocenters. The zero-order valence-electron chi connectivity index (χ0n) is 4.23. The first-order valence-electron chi connectivity index (χ1n) is 1.44. The third kappa shape index (κ3) is 201. The summed E-state index contributed by atoms with van der Waals surface area (Å²) in [5.41, 5.74) is 0. The minimum atomic E-state index is -2.29. The average molecular weight is 144 g/mol. The fourth-order valence-corrected chi connectivity index (χ4v) is 0. The SMILES string of the molecule is C=C=O.F.FC=C(F)F. The number of hydrogen-bond donors (Lipinski definition) is 0. The Labute approximate surface area is 48.8 Å². The van der Waals surface area contributed by atoms with Gasteiger partial charge in [0.1, 0.15) is 5.94 Å². The smallest absolute Gasteiger partial charge is 0.269 e. The van der Waals surface area contributed by atoms with Crippen molar-refractivity contribution in [3.63, 3.8) is 0 Å². The van der Waals surface area contributed by atoms with Crippen LogP contribution in [0.25, 0.3) is 0 Å². The van der Waals surface area contributed by atoms with Crippen LogP contribution >= 0.6 is 0 Å². The molecule has 0 saturated heterocycles. The van der Waals surface area contributed by atoms with Crippen LogP contribution in [0.5, 0.6) is 0 Å². The summed E-state index contributed by atoms with van der Waals surface area (Å²) in [5, 5.41) is 0. The average Bonchev–Trinajstić information content (AvgIpc) is 1.69. The second-order valence-electron chi connectivity index (χ2n) is 0.543. The van der Waals surface area contributed by atoms with E-state index in [1.165, 1.54) is 5.94 Å². The summed E-state index contributed by atoms with van der Waals surface area (Å²) in [5.74, 6) is 1.25. The van der Waals surface area contributed by atoms with Crippen molar-refractivity contribution in [2.45, 2.75) is 0 Å². The van der Waals surface area contributed by atoms with Crippen molar-refractivity contribution in [2.75, 3.05) is 0 Å². The van der Waals surface area contributed by atoms with Crippen molar-refractivity contribution >= 4 is 5.94 Å². The summed E-state index contributed by atoms with van der Waals surface area (Å²) in [6, 6.07) is 0. The zero-order chi connectivity index (χ0) is 6.99. The van der Waals surface area contributed by atoms with Gasteiger partial charge in [0.25, 0.3) is 6.08 Å². The van der Waals surface area contributed by atoms with Gasteiger partial charge in [-0.05, 0) is 6.58 Å². The Hall–Kier alpha value is -1.09. The molecule has 54 valence electrons. The van der Waals surface area contributed by atoms with E-state index >= 15 is 0 Å². The van der Waals surface area contributed by atoms with E-state index in [9.17, 15) is 13.2 Å². The quantitative estimate of drug-likeness (QED) is 0.374. The van der Waals surface area contributed by atoms with Gasteiger partial charge >= 0.3 is 0 Å². The van der Waals surface area contributed by atoms with E-state index < -0.39 is 12.4 Å². The lowest BCUT2D eigenvalue weighted by Gasteiger charge is -1.59. The molecule has 0 fully saturated rings. The van der Waals surface area contributed by atoms with Crippen LogP contribution in [-0.2, 0) is 4.79 Å². The van der Waals surface area contributed by atoms with Crippen molar-refractivity contribution in [3.8, 4) is 0 Å². The maximum atomic E-state index is 10.2. The van der Waals surface area contributed by atoms with Gasteiger partial charge in [0.05, 0.1) is 0 Å². The van der Waals surface area contributed by atoms with Gasteiger partial charge in [-0.1, -0.05) is 0 Å². The van der Waals surface area contributed by atoms with Gasteiger partial charge in [-0.15, -0.1) is 0 Å². The Bertz CT molecular complexity index is 99.1. The fourth-order valence-electron chi connectivity index (χ4n) is 0. The molecule has 0 N–H and O–H groups in total. The maximum Gasteiger partial charge on any atom is 0.298 e. The van der Waals surface area contributed by atoms with E-state index in [1.807, 2.05) is 0 Å². The molecule has 0 rings (SSSR count). The molecule has 0 radical (unpaired) electrons. The van der Waals surface area contributed by atoms with Crippen molar-refractivity contribution in [3.05, 3.63) is 19.0 Å². The number of halogens is 4. The van der Waals surface area contributed by atoms with Crippen LogP contribution in [0, 0.1) is 0 Å². The monoisotopic (exact) mass is 144 g/mol. The molecule has 0 spiro atoms. The standard InChI is InChI=1S/C2HF3.C2H2O.FH/c3-1-2(4)5;1-2-3;/h1H;1H2;1H.